The number of unbranched alkanes of at least 4 members (excludes halogenated alkanes) is 1. The van der Waals surface area contributed by atoms with Crippen LogP contribution in [0.1, 0.15) is 31.7 Å². The molecule has 0 aliphatic carbocycles. The zero-order valence-electron chi connectivity index (χ0n) is 11.0. The second kappa shape index (κ2) is 6.68. The highest BCUT2D eigenvalue weighted by molar-refractivity contribution is 5.75. The lowest BCUT2D eigenvalue weighted by molar-refractivity contribution is -0.121. The molecule has 2 aromatic rings. The standard InChI is InChI=1S/C14H18N4O/c1-2-3-5-14(19)16-11-12-6-8-15-13(10-12)18-9-4-7-17-18/h4,6-10H,2-3,5,11H2,1H3,(H,16,19). The average molecular weight is 258 g/mol. The Bertz CT molecular complexity index is 522. The van der Waals surface area contributed by atoms with Gasteiger partial charge in [-0.2, -0.15) is 5.10 Å². The first kappa shape index (κ1) is 13.3. The summed E-state index contributed by atoms with van der Waals surface area (Å²) in [6, 6.07) is 5.67. The number of aromatic nitrogens is 3. The van der Waals surface area contributed by atoms with Gasteiger partial charge < -0.3 is 5.32 Å². The van der Waals surface area contributed by atoms with Crippen LogP contribution < -0.4 is 5.32 Å². The Hall–Kier alpha value is -2.17. The van der Waals surface area contributed by atoms with E-state index in [1.807, 2.05) is 24.4 Å². The molecule has 0 saturated carbocycles. The number of pyridine rings is 1. The average Bonchev–Trinajstić information content (AvgIpc) is 2.97. The summed E-state index contributed by atoms with van der Waals surface area (Å²) in [5.41, 5.74) is 1.02. The summed E-state index contributed by atoms with van der Waals surface area (Å²) in [5, 5.41) is 7.04. The van der Waals surface area contributed by atoms with E-state index in [-0.39, 0.29) is 5.91 Å². The molecule has 2 aromatic heterocycles. The molecule has 0 bridgehead atoms. The Morgan fingerprint density at radius 2 is 2.32 bits per heavy atom. The van der Waals surface area contributed by atoms with E-state index in [0.29, 0.717) is 13.0 Å². The van der Waals surface area contributed by atoms with E-state index in [2.05, 4.69) is 22.3 Å². The minimum absolute atomic E-state index is 0.0966. The smallest absolute Gasteiger partial charge is 0.220 e. The molecule has 5 nitrogen and oxygen atoms in total. The number of nitrogens with one attached hydrogen (secondary N) is 1. The minimum atomic E-state index is 0.0966. The summed E-state index contributed by atoms with van der Waals surface area (Å²) in [7, 11) is 0. The fourth-order valence-electron chi connectivity index (χ4n) is 1.73. The number of hydrogen-bond acceptors (Lipinski definition) is 3. The zero-order chi connectivity index (χ0) is 13.5. The zero-order valence-corrected chi connectivity index (χ0v) is 11.0. The molecule has 0 saturated heterocycles. The van der Waals surface area contributed by atoms with Crippen molar-refractivity contribution in [3.05, 3.63) is 42.4 Å². The van der Waals surface area contributed by atoms with E-state index >= 15 is 0 Å². The molecule has 2 heterocycles. The second-order valence-electron chi connectivity index (χ2n) is 4.35. The van der Waals surface area contributed by atoms with Gasteiger partial charge >= 0.3 is 0 Å². The second-order valence-corrected chi connectivity index (χ2v) is 4.35. The SMILES string of the molecule is CCCCC(=O)NCc1ccnc(-n2cccn2)c1. The molecular weight excluding hydrogens is 240 g/mol. The minimum Gasteiger partial charge on any atom is -0.352 e. The van der Waals surface area contributed by atoms with Gasteiger partial charge in [0.2, 0.25) is 5.91 Å². The summed E-state index contributed by atoms with van der Waals surface area (Å²) in [5.74, 6) is 0.851. The van der Waals surface area contributed by atoms with Crippen molar-refractivity contribution in [2.45, 2.75) is 32.7 Å². The Morgan fingerprint density at radius 3 is 3.05 bits per heavy atom. The van der Waals surface area contributed by atoms with Gasteiger partial charge in [-0.15, -0.1) is 0 Å². The third-order valence-electron chi connectivity index (χ3n) is 2.80. The van der Waals surface area contributed by atoms with E-state index in [1.165, 1.54) is 0 Å². The third-order valence-corrected chi connectivity index (χ3v) is 2.80. The van der Waals surface area contributed by atoms with Crippen LogP contribution in [-0.2, 0) is 11.3 Å². The van der Waals surface area contributed by atoms with Gasteiger partial charge in [-0.25, -0.2) is 9.67 Å². The summed E-state index contributed by atoms with van der Waals surface area (Å²) < 4.78 is 1.70. The summed E-state index contributed by atoms with van der Waals surface area (Å²) >= 11 is 0. The van der Waals surface area contributed by atoms with Gasteiger partial charge in [0.05, 0.1) is 0 Å². The van der Waals surface area contributed by atoms with E-state index in [1.54, 1.807) is 17.1 Å². The van der Waals surface area contributed by atoms with Gasteiger partial charge in [0, 0.05) is 31.6 Å². The maximum atomic E-state index is 11.5. The molecule has 19 heavy (non-hydrogen) atoms. The van der Waals surface area contributed by atoms with E-state index < -0.39 is 0 Å². The van der Waals surface area contributed by atoms with Crippen molar-refractivity contribution in [3.63, 3.8) is 0 Å². The van der Waals surface area contributed by atoms with E-state index in [0.717, 1.165) is 24.2 Å². The summed E-state index contributed by atoms with van der Waals surface area (Å²) in [6.07, 6.45) is 7.83. The van der Waals surface area contributed by atoms with Crippen molar-refractivity contribution in [3.8, 4) is 5.82 Å². The molecule has 0 aliphatic heterocycles. The molecular formula is C14H18N4O. The number of amides is 1. The molecule has 0 unspecified atom stereocenters. The predicted octanol–water partition coefficient (Wildman–Crippen LogP) is 2.07. The molecule has 1 N–H and O–H groups in total. The van der Waals surface area contributed by atoms with Crippen molar-refractivity contribution in [2.24, 2.45) is 0 Å². The topological polar surface area (TPSA) is 59.8 Å². The molecule has 0 fully saturated rings. The van der Waals surface area contributed by atoms with Crippen LogP contribution in [0, 0.1) is 0 Å². The highest BCUT2D eigenvalue weighted by Gasteiger charge is 2.03. The van der Waals surface area contributed by atoms with Crippen molar-refractivity contribution in [1.82, 2.24) is 20.1 Å². The van der Waals surface area contributed by atoms with Crippen LogP contribution in [-0.4, -0.2) is 20.7 Å². The number of carbonyl (C=O) groups excluding carboxylic acids is 1. The lowest BCUT2D eigenvalue weighted by Crippen LogP contribution is -2.22. The predicted molar refractivity (Wildman–Crippen MR) is 72.7 cm³/mol. The Balaban J connectivity index is 1.94. The molecule has 1 amide bonds. The molecule has 2 rings (SSSR count). The normalized spacial score (nSPS) is 10.4. The monoisotopic (exact) mass is 258 g/mol. The highest BCUT2D eigenvalue weighted by Crippen LogP contribution is 2.06. The molecule has 0 radical (unpaired) electrons. The van der Waals surface area contributed by atoms with Gasteiger partial charge in [-0.1, -0.05) is 13.3 Å². The van der Waals surface area contributed by atoms with Crippen LogP contribution in [0.3, 0.4) is 0 Å². The van der Waals surface area contributed by atoms with E-state index in [4.69, 9.17) is 0 Å². The number of rotatable bonds is 6. The fourth-order valence-corrected chi connectivity index (χ4v) is 1.73. The van der Waals surface area contributed by atoms with Crippen LogP contribution in [0.4, 0.5) is 0 Å². The van der Waals surface area contributed by atoms with Gasteiger partial charge in [0.25, 0.3) is 0 Å². The number of hydrogen-bond donors (Lipinski definition) is 1. The van der Waals surface area contributed by atoms with Crippen molar-refractivity contribution in [2.75, 3.05) is 0 Å². The molecule has 0 atom stereocenters. The highest BCUT2D eigenvalue weighted by atomic mass is 16.1. The Kier molecular flexibility index (Phi) is 4.66. The van der Waals surface area contributed by atoms with E-state index in [9.17, 15) is 4.79 Å². The first-order valence-electron chi connectivity index (χ1n) is 6.51. The van der Waals surface area contributed by atoms with Gasteiger partial charge in [0.1, 0.15) is 0 Å². The molecule has 0 aromatic carbocycles. The van der Waals surface area contributed by atoms with Crippen molar-refractivity contribution < 1.29 is 4.79 Å². The largest absolute Gasteiger partial charge is 0.352 e. The lowest BCUT2D eigenvalue weighted by atomic mass is 10.2. The van der Waals surface area contributed by atoms with Crippen LogP contribution in [0.2, 0.25) is 0 Å². The lowest BCUT2D eigenvalue weighted by Gasteiger charge is -2.06. The molecule has 5 heteroatoms. The van der Waals surface area contributed by atoms with Crippen molar-refractivity contribution >= 4 is 5.91 Å². The summed E-state index contributed by atoms with van der Waals surface area (Å²) in [4.78, 5) is 15.8. The molecule has 100 valence electrons. The number of nitrogens with zero attached hydrogens (tertiary/aromatic N) is 3. The van der Waals surface area contributed by atoms with Gasteiger partial charge in [-0.05, 0) is 30.2 Å². The summed E-state index contributed by atoms with van der Waals surface area (Å²) in [6.45, 7) is 2.60. The van der Waals surface area contributed by atoms with Crippen LogP contribution in [0.25, 0.3) is 5.82 Å². The Morgan fingerprint density at radius 1 is 1.42 bits per heavy atom. The fraction of sp³-hybridized carbons (Fsp3) is 0.357. The maximum Gasteiger partial charge on any atom is 0.220 e. The van der Waals surface area contributed by atoms with Crippen LogP contribution in [0.5, 0.6) is 0 Å². The quantitative estimate of drug-likeness (QED) is 0.863. The van der Waals surface area contributed by atoms with Crippen LogP contribution in [0.15, 0.2) is 36.8 Å². The van der Waals surface area contributed by atoms with Gasteiger partial charge in [0.15, 0.2) is 5.82 Å². The first-order valence-corrected chi connectivity index (χ1v) is 6.51. The maximum absolute atomic E-state index is 11.5. The third kappa shape index (κ3) is 3.91. The number of carbonyl (C=O) groups is 1. The molecule has 0 spiro atoms. The van der Waals surface area contributed by atoms with Crippen LogP contribution >= 0.6 is 0 Å². The first-order chi connectivity index (χ1) is 9.29. The van der Waals surface area contributed by atoms with Gasteiger partial charge in [-0.3, -0.25) is 4.79 Å². The Labute approximate surface area is 112 Å². The molecule has 0 aliphatic rings. The van der Waals surface area contributed by atoms with Crippen molar-refractivity contribution in [1.29, 1.82) is 0 Å².